The summed E-state index contributed by atoms with van der Waals surface area (Å²) in [6.45, 7) is 0.0633. The van der Waals surface area contributed by atoms with Gasteiger partial charge in [-0.1, -0.05) is 4.98 Å². The summed E-state index contributed by atoms with van der Waals surface area (Å²) in [5.41, 5.74) is 10.9. The molecule has 3 heterocycles. The van der Waals surface area contributed by atoms with Crippen LogP contribution in [0.3, 0.4) is 0 Å². The van der Waals surface area contributed by atoms with Gasteiger partial charge >= 0.3 is 5.65 Å². The van der Waals surface area contributed by atoms with Crippen LogP contribution in [-0.4, -0.2) is 50.0 Å². The third-order valence-electron chi connectivity index (χ3n) is 3.35. The van der Waals surface area contributed by atoms with Gasteiger partial charge in [0.05, 0.1) is 0 Å². The number of hydrogen-bond acceptors (Lipinski definition) is 7. The molecule has 20 heavy (non-hydrogen) atoms. The Morgan fingerprint density at radius 3 is 2.85 bits per heavy atom. The normalized spacial score (nSPS) is 30.1. The van der Waals surface area contributed by atoms with E-state index in [1.165, 1.54) is 10.9 Å². The van der Waals surface area contributed by atoms with Crippen LogP contribution in [0.2, 0.25) is 0 Å². The number of aromatic amines is 2. The molecule has 0 bridgehead atoms. The fraction of sp³-hybridized carbons (Fsp3) is 0.500. The molecule has 108 valence electrons. The number of aliphatic hydroxyl groups is 2. The standard InChI is InChI=1S/C10H14N6O4/c11-1-3-5(17)6(18)9(20-3)16-2-13-4-7(16)14-10(12)15-8(4)19/h2-3,5-6,9,17-18H,1,11H2,(H3,12,14,15,19)/p+1/t3-,5-,6+,9+/m1/s1. The molecule has 8 N–H and O–H groups in total. The number of aromatic nitrogens is 4. The van der Waals surface area contributed by atoms with E-state index < -0.39 is 30.1 Å². The first-order valence-electron chi connectivity index (χ1n) is 6.02. The number of nitrogens with zero attached hydrogens (tertiary/aromatic N) is 2. The molecule has 3 rings (SSSR count). The maximum atomic E-state index is 11.7. The summed E-state index contributed by atoms with van der Waals surface area (Å²) in [6.07, 6.45) is -2.46. The summed E-state index contributed by atoms with van der Waals surface area (Å²) >= 11 is 0. The number of H-pyrrole nitrogens is 2. The number of nitrogens with one attached hydrogen (secondary N) is 2. The van der Waals surface area contributed by atoms with E-state index in [0.29, 0.717) is 0 Å². The number of imidazole rings is 1. The van der Waals surface area contributed by atoms with Gasteiger partial charge in [-0.15, -0.1) is 0 Å². The van der Waals surface area contributed by atoms with Gasteiger partial charge in [-0.3, -0.25) is 14.8 Å². The van der Waals surface area contributed by atoms with E-state index in [1.54, 1.807) is 0 Å². The molecule has 0 aromatic carbocycles. The molecular formula is C10H15N6O4+. The Balaban J connectivity index is 2.09. The van der Waals surface area contributed by atoms with Crippen molar-refractivity contribution in [3.8, 4) is 0 Å². The molecule has 1 fully saturated rings. The van der Waals surface area contributed by atoms with Crippen LogP contribution in [0.25, 0.3) is 11.2 Å². The van der Waals surface area contributed by atoms with Crippen molar-refractivity contribution in [1.29, 1.82) is 0 Å². The van der Waals surface area contributed by atoms with E-state index >= 15 is 0 Å². The fourth-order valence-electron chi connectivity index (χ4n) is 2.34. The van der Waals surface area contributed by atoms with Gasteiger partial charge in [-0.05, 0) is 0 Å². The van der Waals surface area contributed by atoms with Crippen molar-refractivity contribution in [3.63, 3.8) is 0 Å². The molecule has 2 aromatic rings. The van der Waals surface area contributed by atoms with Crippen molar-refractivity contribution in [2.24, 2.45) is 5.73 Å². The largest absolute Gasteiger partial charge is 0.387 e. The molecular weight excluding hydrogens is 268 g/mol. The number of nitrogens with two attached hydrogens (primary N) is 2. The highest BCUT2D eigenvalue weighted by molar-refractivity contribution is 5.65. The lowest BCUT2D eigenvalue weighted by Gasteiger charge is -2.11. The average Bonchev–Trinajstić information content (AvgIpc) is 2.93. The molecule has 1 aliphatic heterocycles. The molecule has 2 aromatic heterocycles. The molecule has 4 atom stereocenters. The minimum Gasteiger partial charge on any atom is -0.387 e. The van der Waals surface area contributed by atoms with Crippen molar-refractivity contribution in [2.75, 3.05) is 12.3 Å². The van der Waals surface area contributed by atoms with Gasteiger partial charge in [-0.2, -0.15) is 0 Å². The lowest BCUT2D eigenvalue weighted by atomic mass is 10.1. The Hall–Kier alpha value is -2.01. The van der Waals surface area contributed by atoms with Crippen LogP contribution in [0.4, 0.5) is 5.95 Å². The van der Waals surface area contributed by atoms with E-state index in [2.05, 4.69) is 15.0 Å². The highest BCUT2D eigenvalue weighted by Gasteiger charge is 2.46. The van der Waals surface area contributed by atoms with Crippen LogP contribution in [-0.2, 0) is 4.74 Å². The average molecular weight is 283 g/mol. The van der Waals surface area contributed by atoms with Crippen LogP contribution < -0.4 is 21.6 Å². The quantitative estimate of drug-likeness (QED) is 0.314. The fourth-order valence-corrected chi connectivity index (χ4v) is 2.34. The number of anilines is 1. The first-order valence-corrected chi connectivity index (χ1v) is 6.02. The lowest BCUT2D eigenvalue weighted by molar-refractivity contribution is -0.745. The second kappa shape index (κ2) is 4.52. The smallest absolute Gasteiger partial charge is 0.313 e. The topological polar surface area (TPSA) is 167 Å². The van der Waals surface area contributed by atoms with E-state index in [1.807, 2.05) is 0 Å². The van der Waals surface area contributed by atoms with Gasteiger partial charge in [0.25, 0.3) is 11.5 Å². The van der Waals surface area contributed by atoms with E-state index in [9.17, 15) is 15.0 Å². The van der Waals surface area contributed by atoms with Crippen molar-refractivity contribution >= 4 is 17.1 Å². The first kappa shape index (κ1) is 13.0. The van der Waals surface area contributed by atoms with Crippen LogP contribution in [0, 0.1) is 0 Å². The molecule has 10 heteroatoms. The van der Waals surface area contributed by atoms with Crippen LogP contribution in [0.5, 0.6) is 0 Å². The number of aliphatic hydroxyl groups excluding tert-OH is 2. The summed E-state index contributed by atoms with van der Waals surface area (Å²) in [6, 6.07) is 0. The van der Waals surface area contributed by atoms with Crippen LogP contribution >= 0.6 is 0 Å². The molecule has 0 saturated carbocycles. The highest BCUT2D eigenvalue weighted by Crippen LogP contribution is 2.25. The number of fused-ring (bicyclic) bond motifs is 1. The van der Waals surface area contributed by atoms with E-state index in [0.717, 1.165) is 0 Å². The Morgan fingerprint density at radius 1 is 1.45 bits per heavy atom. The zero-order valence-corrected chi connectivity index (χ0v) is 10.4. The molecule has 0 radical (unpaired) electrons. The molecule has 1 aliphatic rings. The van der Waals surface area contributed by atoms with Crippen molar-refractivity contribution in [3.05, 3.63) is 16.7 Å². The number of nitrogen functional groups attached to an aromatic ring is 1. The van der Waals surface area contributed by atoms with E-state index in [-0.39, 0.29) is 23.7 Å². The Bertz CT molecular complexity index is 697. The van der Waals surface area contributed by atoms with Gasteiger partial charge in [0.15, 0.2) is 6.33 Å². The zero-order chi connectivity index (χ0) is 14.4. The minimum atomic E-state index is -1.19. The predicted octanol–water partition coefficient (Wildman–Crippen LogP) is -3.30. The summed E-state index contributed by atoms with van der Waals surface area (Å²) in [7, 11) is 0. The predicted molar refractivity (Wildman–Crippen MR) is 66.3 cm³/mol. The molecule has 0 spiro atoms. The molecule has 0 amide bonds. The Kier molecular flexibility index (Phi) is 2.94. The SMILES string of the molecule is NC[C@H]1O[C@H]([n+]2c[nH]c3c(=O)[nH]c(N)nc32)[C@@H](O)[C@@H]1O. The van der Waals surface area contributed by atoms with E-state index in [4.69, 9.17) is 16.2 Å². The van der Waals surface area contributed by atoms with Crippen LogP contribution in [0.1, 0.15) is 6.23 Å². The van der Waals surface area contributed by atoms with Gasteiger partial charge in [0, 0.05) is 6.54 Å². The van der Waals surface area contributed by atoms with Gasteiger partial charge in [0.1, 0.15) is 18.3 Å². The molecule has 0 aliphatic carbocycles. The lowest BCUT2D eigenvalue weighted by Crippen LogP contribution is -2.46. The maximum Gasteiger partial charge on any atom is 0.313 e. The van der Waals surface area contributed by atoms with Gasteiger partial charge in [0.2, 0.25) is 11.7 Å². The Morgan fingerprint density at radius 2 is 2.20 bits per heavy atom. The first-order chi connectivity index (χ1) is 9.52. The number of rotatable bonds is 2. The Labute approximate surface area is 112 Å². The second-order valence-electron chi connectivity index (χ2n) is 4.61. The molecule has 1 saturated heterocycles. The third kappa shape index (κ3) is 1.78. The second-order valence-corrected chi connectivity index (χ2v) is 4.61. The van der Waals surface area contributed by atoms with Crippen molar-refractivity contribution < 1.29 is 19.5 Å². The number of hydrogen-bond donors (Lipinski definition) is 6. The summed E-state index contributed by atoms with van der Waals surface area (Å²) < 4.78 is 6.90. The summed E-state index contributed by atoms with van der Waals surface area (Å²) in [5, 5.41) is 19.8. The minimum absolute atomic E-state index is 0.0562. The maximum absolute atomic E-state index is 11.7. The summed E-state index contributed by atoms with van der Waals surface area (Å²) in [5.74, 6) is -0.0562. The third-order valence-corrected chi connectivity index (χ3v) is 3.35. The zero-order valence-electron chi connectivity index (χ0n) is 10.4. The van der Waals surface area contributed by atoms with Crippen molar-refractivity contribution in [2.45, 2.75) is 24.5 Å². The van der Waals surface area contributed by atoms with Crippen LogP contribution in [0.15, 0.2) is 11.1 Å². The van der Waals surface area contributed by atoms with Gasteiger partial charge < -0.3 is 26.4 Å². The highest BCUT2D eigenvalue weighted by atomic mass is 16.6. The van der Waals surface area contributed by atoms with Gasteiger partial charge in [-0.25, -0.2) is 4.57 Å². The van der Waals surface area contributed by atoms with Crippen molar-refractivity contribution in [1.82, 2.24) is 15.0 Å². The molecule has 10 nitrogen and oxygen atoms in total. The monoisotopic (exact) mass is 283 g/mol. The molecule has 0 unspecified atom stereocenters. The number of ether oxygens (including phenoxy) is 1. The summed E-state index contributed by atoms with van der Waals surface area (Å²) in [4.78, 5) is 20.8.